The van der Waals surface area contributed by atoms with E-state index in [1.165, 1.54) is 18.7 Å². The number of nitrogens with one attached hydrogen (secondary N) is 1. The molecule has 2 amide bonds. The second-order valence-corrected chi connectivity index (χ2v) is 8.21. The van der Waals surface area contributed by atoms with Gasteiger partial charge < -0.3 is 20.9 Å². The summed E-state index contributed by atoms with van der Waals surface area (Å²) in [6, 6.07) is -0.931. The van der Waals surface area contributed by atoms with E-state index in [0.717, 1.165) is 21.8 Å². The van der Waals surface area contributed by atoms with Gasteiger partial charge in [0, 0.05) is 29.2 Å². The Balaban J connectivity index is 0.00000320. The second-order valence-electron chi connectivity index (χ2n) is 5.99. The zero-order valence-electron chi connectivity index (χ0n) is 14.9. The topological polar surface area (TPSA) is 152 Å². The first-order valence-corrected chi connectivity index (χ1v) is 10.5. The molecule has 1 saturated heterocycles. The molecular formula is C16H16ClN4NaO6S2. The molecule has 0 spiro atoms. The van der Waals surface area contributed by atoms with E-state index < -0.39 is 35.2 Å². The number of thiazole rings is 1. The number of nitrogen functional groups attached to an aromatic ring is 1. The van der Waals surface area contributed by atoms with Crippen molar-refractivity contribution in [2.75, 3.05) is 18.1 Å². The summed E-state index contributed by atoms with van der Waals surface area (Å²) in [5.74, 6) is -2.85. The third kappa shape index (κ3) is 4.84. The van der Waals surface area contributed by atoms with Crippen molar-refractivity contribution in [3.05, 3.63) is 27.9 Å². The quantitative estimate of drug-likeness (QED) is 0.219. The van der Waals surface area contributed by atoms with Crippen LogP contribution in [-0.4, -0.2) is 92.1 Å². The Labute approximate surface area is 206 Å². The van der Waals surface area contributed by atoms with Gasteiger partial charge in [0.15, 0.2) is 5.13 Å². The number of aromatic nitrogens is 1. The number of nitrogens with zero attached hydrogens (tertiary/aromatic N) is 2. The first kappa shape index (κ1) is 24.7. The average Bonchev–Trinajstić information content (AvgIpc) is 3.09. The summed E-state index contributed by atoms with van der Waals surface area (Å²) in [7, 11) is 0. The zero-order chi connectivity index (χ0) is 21.3. The Morgan fingerprint density at radius 3 is 2.73 bits per heavy atom. The van der Waals surface area contributed by atoms with Crippen molar-refractivity contribution in [1.82, 2.24) is 15.2 Å². The third-order valence-corrected chi connectivity index (χ3v) is 6.37. The van der Waals surface area contributed by atoms with Gasteiger partial charge >= 0.3 is 41.5 Å². The first-order chi connectivity index (χ1) is 13.7. The summed E-state index contributed by atoms with van der Waals surface area (Å²) >= 11 is 8.14. The molecule has 0 bridgehead atoms. The van der Waals surface area contributed by atoms with Gasteiger partial charge in [0.05, 0.1) is 11.3 Å². The predicted molar refractivity (Wildman–Crippen MR) is 114 cm³/mol. The third-order valence-electron chi connectivity index (χ3n) is 4.14. The van der Waals surface area contributed by atoms with Crippen LogP contribution in [0.4, 0.5) is 5.13 Å². The number of carbonyl (C=O) groups is 4. The Bertz CT molecular complexity index is 965. The molecule has 1 fully saturated rings. The number of carboxylic acid groups (broad SMARTS) is 1. The number of aliphatic carboxylic acids is 1. The van der Waals surface area contributed by atoms with Crippen molar-refractivity contribution in [3.8, 4) is 0 Å². The van der Waals surface area contributed by atoms with Crippen molar-refractivity contribution >= 4 is 98.7 Å². The number of anilines is 1. The molecule has 1 unspecified atom stereocenters. The minimum atomic E-state index is -1.31. The summed E-state index contributed by atoms with van der Waals surface area (Å²) in [4.78, 5) is 52.9. The number of fused-ring (bicyclic) bond motifs is 1. The number of rotatable bonds is 6. The Morgan fingerprint density at radius 2 is 2.20 bits per heavy atom. The van der Waals surface area contributed by atoms with Crippen LogP contribution in [0.5, 0.6) is 0 Å². The van der Waals surface area contributed by atoms with Crippen LogP contribution in [0.1, 0.15) is 12.6 Å². The number of carbonyl (C=O) groups excluding carboxylic acids is 3. The molecule has 2 aliphatic rings. The molecule has 2 atom stereocenters. The number of hydrogen-bond acceptors (Lipinski definition) is 9. The molecular weight excluding hydrogens is 467 g/mol. The summed E-state index contributed by atoms with van der Waals surface area (Å²) in [5, 5.41) is 13.3. The molecule has 2 aliphatic heterocycles. The predicted octanol–water partition coefficient (Wildman–Crippen LogP) is -0.0418. The number of carboxylic acids is 1. The summed E-state index contributed by atoms with van der Waals surface area (Å²) < 4.78 is 4.87. The molecule has 3 heterocycles. The fraction of sp³-hybridized carbons (Fsp3) is 0.312. The molecule has 14 heteroatoms. The number of thioether (sulfide) groups is 1. The van der Waals surface area contributed by atoms with Crippen LogP contribution in [0.2, 0.25) is 0 Å². The van der Waals surface area contributed by atoms with E-state index in [9.17, 15) is 24.3 Å². The molecule has 30 heavy (non-hydrogen) atoms. The molecule has 1 aromatic rings. The van der Waals surface area contributed by atoms with Gasteiger partial charge in [-0.3, -0.25) is 19.3 Å². The van der Waals surface area contributed by atoms with Gasteiger partial charge in [0.25, 0.3) is 11.8 Å². The van der Waals surface area contributed by atoms with Gasteiger partial charge in [-0.15, -0.1) is 23.1 Å². The number of amides is 2. The van der Waals surface area contributed by atoms with Crippen LogP contribution >= 0.6 is 34.7 Å². The molecule has 3 rings (SSSR count). The molecule has 0 aliphatic carbocycles. The Hall–Kier alpha value is -1.57. The monoisotopic (exact) mass is 482 g/mol. The van der Waals surface area contributed by atoms with Crippen molar-refractivity contribution in [3.63, 3.8) is 0 Å². The van der Waals surface area contributed by atoms with Crippen molar-refractivity contribution in [1.29, 1.82) is 0 Å². The van der Waals surface area contributed by atoms with Crippen LogP contribution in [0, 0.1) is 0 Å². The van der Waals surface area contributed by atoms with E-state index in [-0.39, 0.29) is 64.0 Å². The van der Waals surface area contributed by atoms with Crippen molar-refractivity contribution in [2.45, 2.75) is 18.3 Å². The van der Waals surface area contributed by atoms with Crippen molar-refractivity contribution < 1.29 is 29.0 Å². The number of β-lactam (4-membered cyclic amide) rings is 1. The number of nitrogens with two attached hydrogens (primary N) is 1. The normalized spacial score (nSPS) is 20.7. The van der Waals surface area contributed by atoms with Crippen LogP contribution in [0.15, 0.2) is 22.2 Å². The Kier molecular flexibility index (Phi) is 8.36. The standard InChI is InChI=1S/C16H15ClN4O6S2.Na.H/c1-6(22)27-3-7-4-28-14-10(13(24)21(14)11(7)15(25)26)20-12(23)8(2-17)9-5-29-16(18)19-9;;/h2,5,10,14H,3-4H2,1H3,(H2,18,19)(H,20,23)(H,25,26);;/b8-2+;;/t10?,14-;;/m1../s1. The van der Waals surface area contributed by atoms with Crippen LogP contribution in [-0.2, 0) is 23.9 Å². The van der Waals surface area contributed by atoms with Gasteiger partial charge in [0.2, 0.25) is 0 Å². The number of halogens is 1. The van der Waals surface area contributed by atoms with Crippen molar-refractivity contribution in [2.24, 2.45) is 0 Å². The van der Waals surface area contributed by atoms with E-state index in [1.54, 1.807) is 5.38 Å². The summed E-state index contributed by atoms with van der Waals surface area (Å²) in [5.41, 5.74) is 7.00. The molecule has 156 valence electrons. The summed E-state index contributed by atoms with van der Waals surface area (Å²) in [6.45, 7) is 0.986. The van der Waals surface area contributed by atoms with Gasteiger partial charge in [-0.05, 0) is 0 Å². The fourth-order valence-corrected chi connectivity index (χ4v) is 4.94. The Morgan fingerprint density at radius 1 is 1.50 bits per heavy atom. The zero-order valence-corrected chi connectivity index (χ0v) is 17.3. The van der Waals surface area contributed by atoms with Crippen LogP contribution < -0.4 is 11.1 Å². The number of ether oxygens (including phenoxy) is 1. The summed E-state index contributed by atoms with van der Waals surface area (Å²) in [6.07, 6.45) is 0. The van der Waals surface area contributed by atoms with E-state index in [1.807, 2.05) is 0 Å². The molecule has 4 N–H and O–H groups in total. The number of esters is 1. The van der Waals surface area contributed by atoms with Gasteiger partial charge in [0.1, 0.15) is 23.7 Å². The minimum absolute atomic E-state index is 0. The average molecular weight is 483 g/mol. The van der Waals surface area contributed by atoms with Gasteiger partial charge in [-0.1, -0.05) is 11.6 Å². The first-order valence-electron chi connectivity index (χ1n) is 8.10. The molecule has 0 aromatic carbocycles. The van der Waals surface area contributed by atoms with Crippen LogP contribution in [0.3, 0.4) is 0 Å². The molecule has 10 nitrogen and oxygen atoms in total. The van der Waals surface area contributed by atoms with E-state index >= 15 is 0 Å². The molecule has 0 saturated carbocycles. The van der Waals surface area contributed by atoms with Gasteiger partial charge in [-0.25, -0.2) is 9.78 Å². The van der Waals surface area contributed by atoms with E-state index in [2.05, 4.69) is 10.3 Å². The molecule has 1 aromatic heterocycles. The number of hydrogen-bond donors (Lipinski definition) is 3. The SMILES string of the molecule is CC(=O)OCC1=C(C(=O)O)N2C(=O)C(NC(=O)/C(=C/Cl)c3csc(N)n3)[C@H]2SC1.[NaH]. The maximum atomic E-state index is 12.6. The molecule has 0 radical (unpaired) electrons. The maximum absolute atomic E-state index is 12.6. The fourth-order valence-electron chi connectivity index (χ4n) is 2.84. The second kappa shape index (κ2) is 10.2. The van der Waals surface area contributed by atoms with Gasteiger partial charge in [-0.2, -0.15) is 0 Å². The van der Waals surface area contributed by atoms with E-state index in [4.69, 9.17) is 22.1 Å². The van der Waals surface area contributed by atoms with Crippen LogP contribution in [0.25, 0.3) is 5.57 Å². The van der Waals surface area contributed by atoms with E-state index in [0.29, 0.717) is 5.57 Å².